The molecule has 2 aromatic rings. The first-order chi connectivity index (χ1) is 15.0. The summed E-state index contributed by atoms with van der Waals surface area (Å²) in [6.07, 6.45) is 0.117. The minimum atomic E-state index is -0.420. The number of benzene rings is 2. The quantitative estimate of drug-likeness (QED) is 0.733. The molecule has 0 aromatic heterocycles. The molecule has 2 aliphatic rings. The van der Waals surface area contributed by atoms with E-state index in [-0.39, 0.29) is 24.7 Å². The summed E-state index contributed by atoms with van der Waals surface area (Å²) in [6, 6.07) is 13.9. The van der Waals surface area contributed by atoms with Crippen molar-refractivity contribution in [3.05, 3.63) is 70.5 Å². The maximum atomic E-state index is 14.7. The minimum absolute atomic E-state index is 0.0109. The zero-order valence-corrected chi connectivity index (χ0v) is 18.0. The lowest BCUT2D eigenvalue weighted by Crippen LogP contribution is -2.47. The molecular formula is C23H25ClFN3O3. The molecule has 8 heteroatoms. The Kier molecular flexibility index (Phi) is 6.85. The molecule has 1 fully saturated rings. The summed E-state index contributed by atoms with van der Waals surface area (Å²) in [6.45, 7) is 3.94. The van der Waals surface area contributed by atoms with Crippen LogP contribution in [0.1, 0.15) is 36.6 Å². The third-order valence-electron chi connectivity index (χ3n) is 5.60. The Hall–Kier alpha value is -2.48. The number of rotatable bonds is 6. The van der Waals surface area contributed by atoms with Gasteiger partial charge in [-0.3, -0.25) is 9.69 Å². The second-order valence-electron chi connectivity index (χ2n) is 7.78. The number of morpholine rings is 1. The Balaban J connectivity index is 1.46. The molecular weight excluding hydrogens is 421 g/mol. The molecule has 0 aliphatic carbocycles. The van der Waals surface area contributed by atoms with Crippen LogP contribution in [0.3, 0.4) is 0 Å². The third-order valence-corrected chi connectivity index (χ3v) is 5.93. The van der Waals surface area contributed by atoms with Gasteiger partial charge in [0.15, 0.2) is 6.10 Å². The average molecular weight is 446 g/mol. The maximum absolute atomic E-state index is 14.7. The number of hydrogen-bond acceptors (Lipinski definition) is 5. The summed E-state index contributed by atoms with van der Waals surface area (Å²) < 4.78 is 20.3. The van der Waals surface area contributed by atoms with E-state index in [1.54, 1.807) is 12.1 Å². The molecule has 1 amide bonds. The van der Waals surface area contributed by atoms with Crippen LogP contribution in [-0.4, -0.2) is 48.9 Å². The Bertz CT molecular complexity index is 936. The van der Waals surface area contributed by atoms with E-state index in [1.165, 1.54) is 6.07 Å². The smallest absolute Gasteiger partial charge is 0.269 e. The molecule has 31 heavy (non-hydrogen) atoms. The molecule has 1 saturated heterocycles. The number of carbonyl (C=O) groups excluding carboxylic acids is 1. The van der Waals surface area contributed by atoms with Crippen molar-refractivity contribution in [1.29, 1.82) is 0 Å². The van der Waals surface area contributed by atoms with Crippen LogP contribution in [-0.2, 0) is 14.4 Å². The second-order valence-corrected chi connectivity index (χ2v) is 8.19. The van der Waals surface area contributed by atoms with Crippen molar-refractivity contribution in [1.82, 2.24) is 10.2 Å². The van der Waals surface area contributed by atoms with Crippen molar-refractivity contribution in [2.24, 2.45) is 5.16 Å². The molecule has 0 radical (unpaired) electrons. The van der Waals surface area contributed by atoms with Crippen molar-refractivity contribution in [2.75, 3.05) is 26.2 Å². The van der Waals surface area contributed by atoms with Crippen LogP contribution in [0.5, 0.6) is 0 Å². The van der Waals surface area contributed by atoms with Crippen LogP contribution < -0.4 is 5.32 Å². The molecule has 0 saturated carbocycles. The highest BCUT2D eigenvalue weighted by molar-refractivity contribution is 6.39. The molecule has 3 atom stereocenters. The molecule has 0 unspecified atom stereocenters. The fraction of sp³-hybridized carbons (Fsp3) is 0.391. The molecule has 164 valence electrons. The molecule has 1 N–H and O–H groups in total. The number of ether oxygens (including phenoxy) is 1. The summed E-state index contributed by atoms with van der Waals surface area (Å²) >= 11 is 6.35. The number of carbonyl (C=O) groups is 1. The van der Waals surface area contributed by atoms with Crippen LogP contribution >= 0.6 is 11.6 Å². The predicted molar refractivity (Wildman–Crippen MR) is 116 cm³/mol. The standard InChI is InChI=1S/C23H25ClFN3O3/c1-15-14-28(10-11-30-15)20(22-17(24)8-5-9-18(22)25)13-26-23(29)19-12-21(31-27-19)16-6-3-2-4-7-16/h2-9,15,20-21H,10-14H2,1H3,(H,26,29)/t15-,20+,21-/m1/s1. The molecule has 4 rings (SSSR count). The number of oxime groups is 1. The van der Waals surface area contributed by atoms with Crippen LogP contribution in [0, 0.1) is 5.82 Å². The highest BCUT2D eigenvalue weighted by Gasteiger charge is 2.31. The first kappa shape index (κ1) is 21.7. The van der Waals surface area contributed by atoms with Gasteiger partial charge in [-0.2, -0.15) is 0 Å². The van der Waals surface area contributed by atoms with Gasteiger partial charge < -0.3 is 14.9 Å². The van der Waals surface area contributed by atoms with E-state index in [2.05, 4.69) is 15.4 Å². The second kappa shape index (κ2) is 9.77. The first-order valence-corrected chi connectivity index (χ1v) is 10.8. The number of nitrogens with one attached hydrogen (secondary N) is 1. The van der Waals surface area contributed by atoms with E-state index in [1.807, 2.05) is 37.3 Å². The van der Waals surface area contributed by atoms with Gasteiger partial charge in [0.05, 0.1) is 18.8 Å². The van der Waals surface area contributed by atoms with Crippen molar-refractivity contribution in [3.63, 3.8) is 0 Å². The van der Waals surface area contributed by atoms with Crippen LogP contribution in [0.4, 0.5) is 4.39 Å². The number of amides is 1. The molecule has 2 aromatic carbocycles. The summed E-state index contributed by atoms with van der Waals surface area (Å²) in [4.78, 5) is 20.3. The largest absolute Gasteiger partial charge is 0.387 e. The monoisotopic (exact) mass is 445 g/mol. The van der Waals surface area contributed by atoms with Gasteiger partial charge in [0.25, 0.3) is 5.91 Å². The van der Waals surface area contributed by atoms with Gasteiger partial charge in [-0.15, -0.1) is 0 Å². The molecule has 0 bridgehead atoms. The van der Waals surface area contributed by atoms with Crippen LogP contribution in [0.25, 0.3) is 0 Å². The lowest BCUT2D eigenvalue weighted by molar-refractivity contribution is -0.115. The minimum Gasteiger partial charge on any atom is -0.387 e. The van der Waals surface area contributed by atoms with E-state index in [0.29, 0.717) is 42.4 Å². The topological polar surface area (TPSA) is 63.2 Å². The summed E-state index contributed by atoms with van der Waals surface area (Å²) in [5.74, 6) is -0.714. The lowest BCUT2D eigenvalue weighted by atomic mass is 10.0. The third kappa shape index (κ3) is 5.06. The van der Waals surface area contributed by atoms with E-state index in [9.17, 15) is 9.18 Å². The van der Waals surface area contributed by atoms with E-state index < -0.39 is 11.9 Å². The van der Waals surface area contributed by atoms with Gasteiger partial charge in [0.2, 0.25) is 0 Å². The van der Waals surface area contributed by atoms with Crippen molar-refractivity contribution in [2.45, 2.75) is 31.6 Å². The Morgan fingerprint density at radius 2 is 2.10 bits per heavy atom. The highest BCUT2D eigenvalue weighted by Crippen LogP contribution is 2.31. The van der Waals surface area contributed by atoms with Gasteiger partial charge in [-0.05, 0) is 24.6 Å². The van der Waals surface area contributed by atoms with E-state index in [0.717, 1.165) is 5.56 Å². The fourth-order valence-corrected chi connectivity index (χ4v) is 4.31. The Morgan fingerprint density at radius 3 is 2.84 bits per heavy atom. The Morgan fingerprint density at radius 1 is 1.29 bits per heavy atom. The van der Waals surface area contributed by atoms with Gasteiger partial charge >= 0.3 is 0 Å². The van der Waals surface area contributed by atoms with Gasteiger partial charge in [-0.25, -0.2) is 4.39 Å². The van der Waals surface area contributed by atoms with Crippen molar-refractivity contribution >= 4 is 23.2 Å². The number of halogens is 2. The average Bonchev–Trinajstić information content (AvgIpc) is 3.27. The molecule has 0 spiro atoms. The first-order valence-electron chi connectivity index (χ1n) is 10.4. The van der Waals surface area contributed by atoms with Gasteiger partial charge in [0.1, 0.15) is 11.5 Å². The van der Waals surface area contributed by atoms with Gasteiger partial charge in [-0.1, -0.05) is 53.2 Å². The maximum Gasteiger partial charge on any atom is 0.269 e. The predicted octanol–water partition coefficient (Wildman–Crippen LogP) is 3.87. The van der Waals surface area contributed by atoms with E-state index >= 15 is 0 Å². The summed E-state index contributed by atoms with van der Waals surface area (Å²) in [7, 11) is 0. The summed E-state index contributed by atoms with van der Waals surface area (Å²) in [5, 5.41) is 7.22. The van der Waals surface area contributed by atoms with E-state index in [4.69, 9.17) is 21.2 Å². The van der Waals surface area contributed by atoms with Crippen molar-refractivity contribution < 1.29 is 18.8 Å². The van der Waals surface area contributed by atoms with Gasteiger partial charge in [0, 0.05) is 36.6 Å². The SMILES string of the molecule is C[C@@H]1CN([C@@H](CNC(=O)C2=NO[C@@H](c3ccccc3)C2)c2c(F)cccc2Cl)CCO1. The van der Waals surface area contributed by atoms with Crippen LogP contribution in [0.2, 0.25) is 5.02 Å². The van der Waals surface area contributed by atoms with Crippen molar-refractivity contribution in [3.8, 4) is 0 Å². The summed E-state index contributed by atoms with van der Waals surface area (Å²) in [5.41, 5.74) is 1.67. The Labute approximate surface area is 186 Å². The van der Waals surface area contributed by atoms with Crippen LogP contribution in [0.15, 0.2) is 53.7 Å². The normalized spacial score (nSPS) is 22.5. The zero-order chi connectivity index (χ0) is 21.8. The number of hydrogen-bond donors (Lipinski definition) is 1. The number of nitrogens with zero attached hydrogens (tertiary/aromatic N) is 2. The fourth-order valence-electron chi connectivity index (χ4n) is 4.02. The molecule has 2 heterocycles. The lowest BCUT2D eigenvalue weighted by Gasteiger charge is -2.38. The highest BCUT2D eigenvalue weighted by atomic mass is 35.5. The molecule has 6 nitrogen and oxygen atoms in total. The molecule has 2 aliphatic heterocycles. The zero-order valence-electron chi connectivity index (χ0n) is 17.3.